The first-order chi connectivity index (χ1) is 10.7. The summed E-state index contributed by atoms with van der Waals surface area (Å²) in [5, 5.41) is 9.69. The molecule has 0 spiro atoms. The highest BCUT2D eigenvalue weighted by Gasteiger charge is 2.60. The highest BCUT2D eigenvalue weighted by molar-refractivity contribution is 7.82. The summed E-state index contributed by atoms with van der Waals surface area (Å²) < 4.78 is 2.84. The average Bonchev–Trinajstić information content (AvgIpc) is 3.14. The molecule has 3 unspecified atom stereocenters. The number of hydrogen-bond donors (Lipinski definition) is 2. The van der Waals surface area contributed by atoms with Crippen molar-refractivity contribution in [2.75, 3.05) is 6.54 Å². The number of thiol groups is 1. The van der Waals surface area contributed by atoms with E-state index < -0.39 is 27.1 Å². The summed E-state index contributed by atoms with van der Waals surface area (Å²) in [5.74, 6) is -1.61. The van der Waals surface area contributed by atoms with E-state index in [1.807, 2.05) is 0 Å². The highest BCUT2D eigenvalue weighted by atomic mass is 32.1. The molecule has 6 nitrogen and oxygen atoms in total. The van der Waals surface area contributed by atoms with Crippen molar-refractivity contribution in [3.8, 4) is 0 Å². The minimum absolute atomic E-state index is 0.234. The molecule has 23 heavy (non-hydrogen) atoms. The third-order valence-electron chi connectivity index (χ3n) is 5.06. The molecule has 2 amide bonds. The number of carbonyl (C=O) groups is 3. The van der Waals surface area contributed by atoms with Gasteiger partial charge in [0.2, 0.25) is 0 Å². The third-order valence-corrected chi connectivity index (χ3v) is 5.64. The van der Waals surface area contributed by atoms with Crippen molar-refractivity contribution in [1.82, 2.24) is 0 Å². The van der Waals surface area contributed by atoms with E-state index >= 15 is 0 Å². The van der Waals surface area contributed by atoms with Crippen LogP contribution < -0.4 is 0 Å². The average molecular weight is 340 g/mol. The van der Waals surface area contributed by atoms with Crippen molar-refractivity contribution in [2.45, 2.75) is 44.4 Å². The first kappa shape index (κ1) is 17.7. The molecule has 0 radical (unpaired) electrons. The van der Waals surface area contributed by atoms with Crippen molar-refractivity contribution >= 4 is 30.4 Å². The molecule has 2 heterocycles. The second kappa shape index (κ2) is 6.13. The number of carboxylic acid groups (broad SMARTS) is 1. The number of likely N-dealkylation sites (tertiary alicyclic amines) is 1. The van der Waals surface area contributed by atoms with Gasteiger partial charge < -0.3 is 9.52 Å². The van der Waals surface area contributed by atoms with Crippen molar-refractivity contribution in [3.05, 3.63) is 24.2 Å². The van der Waals surface area contributed by atoms with Gasteiger partial charge in [-0.1, -0.05) is 6.92 Å². The van der Waals surface area contributed by atoms with Crippen molar-refractivity contribution in [3.63, 3.8) is 0 Å². The number of quaternary nitrogens is 1. The van der Waals surface area contributed by atoms with Gasteiger partial charge in [-0.25, -0.2) is 4.79 Å². The van der Waals surface area contributed by atoms with Gasteiger partial charge in [-0.2, -0.15) is 21.9 Å². The van der Waals surface area contributed by atoms with Crippen LogP contribution in [0.4, 0.5) is 4.79 Å². The summed E-state index contributed by atoms with van der Waals surface area (Å²) in [7, 11) is 0. The van der Waals surface area contributed by atoms with Gasteiger partial charge in [-0.15, -0.1) is 0 Å². The van der Waals surface area contributed by atoms with E-state index in [1.165, 1.54) is 25.5 Å². The second-order valence-corrected chi connectivity index (χ2v) is 7.35. The smallest absolute Gasteiger partial charge is 0.472 e. The zero-order valence-corrected chi connectivity index (χ0v) is 14.4. The standard InChI is InChI=1S/C16H21NO5S/c1-10-5-4-7-17(10,15(20)21)14(19)16(3,23)11(2)13(18)12-6-8-22-9-12/h6,8-11H,4-5,7H2,1-3H3,(H-,20,21,23)/p+1/t10-,11?,16?,17?/m1/s1. The molecular weight excluding hydrogens is 318 g/mol. The van der Waals surface area contributed by atoms with Gasteiger partial charge in [0.25, 0.3) is 0 Å². The van der Waals surface area contributed by atoms with Gasteiger partial charge in [0.05, 0.1) is 18.4 Å². The molecule has 7 heteroatoms. The normalized spacial score (nSPS) is 28.1. The molecule has 4 atom stereocenters. The Hall–Kier alpha value is -1.60. The Morgan fingerprint density at radius 1 is 1.48 bits per heavy atom. The quantitative estimate of drug-likeness (QED) is 0.500. The van der Waals surface area contributed by atoms with Crippen molar-refractivity contribution < 1.29 is 28.4 Å². The van der Waals surface area contributed by atoms with Crippen LogP contribution in [-0.4, -0.2) is 44.7 Å². The van der Waals surface area contributed by atoms with Crippen molar-refractivity contribution in [1.29, 1.82) is 0 Å². The maximum atomic E-state index is 13.1. The van der Waals surface area contributed by atoms with E-state index in [0.717, 1.165) is 0 Å². The SMILES string of the molecule is CC(C(=O)c1ccoc1)C(C)(S)C(=O)[N+]1(C(=O)O)CCC[C@H]1C. The molecule has 1 N–H and O–H groups in total. The Morgan fingerprint density at radius 2 is 2.13 bits per heavy atom. The van der Waals surface area contributed by atoms with Crippen LogP contribution in [0, 0.1) is 5.92 Å². The molecule has 0 bridgehead atoms. The Morgan fingerprint density at radius 3 is 2.57 bits per heavy atom. The summed E-state index contributed by atoms with van der Waals surface area (Å²) in [5.41, 5.74) is 0.349. The zero-order chi connectivity index (χ0) is 17.4. The molecule has 2 rings (SSSR count). The first-order valence-electron chi connectivity index (χ1n) is 7.60. The Kier molecular flexibility index (Phi) is 4.73. The second-order valence-electron chi connectivity index (χ2n) is 6.42. The number of ketones is 1. The van der Waals surface area contributed by atoms with E-state index in [2.05, 4.69) is 12.6 Å². The van der Waals surface area contributed by atoms with Crippen LogP contribution in [-0.2, 0) is 4.79 Å². The summed E-state index contributed by atoms with van der Waals surface area (Å²) in [6, 6.07) is 1.19. The van der Waals surface area contributed by atoms with Crippen LogP contribution in [0.15, 0.2) is 23.0 Å². The van der Waals surface area contributed by atoms with Crippen molar-refractivity contribution in [2.24, 2.45) is 5.92 Å². The highest BCUT2D eigenvalue weighted by Crippen LogP contribution is 2.37. The van der Waals surface area contributed by atoms with Crippen LogP contribution >= 0.6 is 12.6 Å². The molecule has 1 aliphatic rings. The zero-order valence-electron chi connectivity index (χ0n) is 13.5. The maximum Gasteiger partial charge on any atom is 0.521 e. The van der Waals surface area contributed by atoms with Crippen LogP contribution in [0.1, 0.15) is 44.0 Å². The van der Waals surface area contributed by atoms with Gasteiger partial charge >= 0.3 is 12.0 Å². The lowest BCUT2D eigenvalue weighted by Crippen LogP contribution is -2.65. The fraction of sp³-hybridized carbons (Fsp3) is 0.562. The summed E-state index contributed by atoms with van der Waals surface area (Å²) in [6.07, 6.45) is 2.83. The largest absolute Gasteiger partial charge is 0.521 e. The summed E-state index contributed by atoms with van der Waals surface area (Å²) >= 11 is 4.43. The molecule has 0 aromatic carbocycles. The third kappa shape index (κ3) is 2.72. The molecule has 1 saturated heterocycles. The van der Waals surface area contributed by atoms with Crippen LogP contribution in [0.5, 0.6) is 0 Å². The van der Waals surface area contributed by atoms with Gasteiger partial charge in [0.1, 0.15) is 17.1 Å². The number of rotatable bonds is 4. The Bertz CT molecular complexity index is 624. The number of hydrogen-bond acceptors (Lipinski definition) is 5. The number of amides is 2. The molecular formula is C16H22NO5S+. The van der Waals surface area contributed by atoms with Crippen LogP contribution in [0.25, 0.3) is 0 Å². The minimum Gasteiger partial charge on any atom is -0.472 e. The number of Topliss-reactive ketones (excluding diaryl/α,β-unsaturated/α-hetero) is 1. The minimum atomic E-state index is -1.40. The summed E-state index contributed by atoms with van der Waals surface area (Å²) in [6.45, 7) is 5.11. The topological polar surface area (TPSA) is 84.6 Å². The maximum absolute atomic E-state index is 13.1. The van der Waals surface area contributed by atoms with Gasteiger partial charge in [-0.3, -0.25) is 4.79 Å². The Balaban J connectivity index is 2.35. The van der Waals surface area contributed by atoms with Crippen LogP contribution in [0.2, 0.25) is 0 Å². The van der Waals surface area contributed by atoms with E-state index in [4.69, 9.17) is 4.42 Å². The summed E-state index contributed by atoms with van der Waals surface area (Å²) in [4.78, 5) is 37.5. The molecule has 0 aliphatic carbocycles. The van der Waals surface area contributed by atoms with E-state index in [9.17, 15) is 19.5 Å². The fourth-order valence-electron chi connectivity index (χ4n) is 3.25. The number of imide groups is 1. The molecule has 1 aromatic rings. The lowest BCUT2D eigenvalue weighted by molar-refractivity contribution is -0.793. The first-order valence-corrected chi connectivity index (χ1v) is 8.05. The molecule has 1 aromatic heterocycles. The monoisotopic (exact) mass is 340 g/mol. The molecule has 1 aliphatic heterocycles. The fourth-order valence-corrected chi connectivity index (χ4v) is 3.54. The van der Waals surface area contributed by atoms with Gasteiger partial charge in [-0.05, 0) is 19.9 Å². The molecule has 0 saturated carbocycles. The van der Waals surface area contributed by atoms with E-state index in [1.54, 1.807) is 13.8 Å². The lowest BCUT2D eigenvalue weighted by Gasteiger charge is -2.37. The number of carbonyl (C=O) groups excluding carboxylic acids is 2. The number of nitrogens with zero attached hydrogens (tertiary/aromatic N) is 1. The predicted molar refractivity (Wildman–Crippen MR) is 86.4 cm³/mol. The Labute approximate surface area is 140 Å². The van der Waals surface area contributed by atoms with Crippen LogP contribution in [0.3, 0.4) is 0 Å². The van der Waals surface area contributed by atoms with Gasteiger partial charge in [0, 0.05) is 18.8 Å². The van der Waals surface area contributed by atoms with Gasteiger partial charge in [0.15, 0.2) is 5.78 Å². The predicted octanol–water partition coefficient (Wildman–Crippen LogP) is 2.99. The molecule has 1 fully saturated rings. The molecule has 126 valence electrons. The lowest BCUT2D eigenvalue weighted by atomic mass is 9.86. The van der Waals surface area contributed by atoms with E-state index in [-0.39, 0.29) is 18.4 Å². The van der Waals surface area contributed by atoms with E-state index in [0.29, 0.717) is 18.4 Å². The number of furan rings is 1.